The molecule has 0 heterocycles. The molecule has 0 saturated carbocycles. The first-order chi connectivity index (χ1) is 10.6. The van der Waals surface area contributed by atoms with Gasteiger partial charge in [-0.15, -0.1) is 11.8 Å². The molecule has 2 nitrogen and oxygen atoms in total. The van der Waals surface area contributed by atoms with Crippen LogP contribution >= 0.6 is 23.4 Å². The van der Waals surface area contributed by atoms with Gasteiger partial charge in [0.15, 0.2) is 0 Å². The first-order valence-electron chi connectivity index (χ1n) is 7.23. The lowest BCUT2D eigenvalue weighted by Crippen LogP contribution is -2.28. The Kier molecular flexibility index (Phi) is 6.34. The highest BCUT2D eigenvalue weighted by atomic mass is 35.5. The van der Waals surface area contributed by atoms with Crippen LogP contribution in [-0.4, -0.2) is 11.7 Å². The largest absolute Gasteiger partial charge is 0.349 e. The number of thioether (sulfide) groups is 1. The van der Waals surface area contributed by atoms with Gasteiger partial charge in [-0.1, -0.05) is 59.6 Å². The number of nitrogens with one attached hydrogen (secondary N) is 1. The van der Waals surface area contributed by atoms with Crippen LogP contribution in [0.2, 0.25) is 5.02 Å². The molecule has 2 aromatic rings. The Labute approximate surface area is 141 Å². The van der Waals surface area contributed by atoms with Gasteiger partial charge in [0, 0.05) is 10.8 Å². The summed E-state index contributed by atoms with van der Waals surface area (Å²) in [7, 11) is 0. The number of halogens is 1. The molecule has 22 heavy (non-hydrogen) atoms. The number of aryl methyl sites for hydroxylation is 1. The second-order valence-corrected chi connectivity index (χ2v) is 6.68. The van der Waals surface area contributed by atoms with Gasteiger partial charge in [0.25, 0.3) is 0 Å². The molecule has 0 aliphatic rings. The zero-order valence-corrected chi connectivity index (χ0v) is 14.4. The van der Waals surface area contributed by atoms with Crippen molar-refractivity contribution in [3.05, 3.63) is 70.2 Å². The average Bonchev–Trinajstić information content (AvgIpc) is 2.50. The van der Waals surface area contributed by atoms with E-state index in [1.807, 2.05) is 31.2 Å². The standard InChI is InChI=1S/C18H20ClNOS/c1-13-7-9-15(10-8-13)14(2)20-18(21)12-22-11-16-5-3-4-6-17(16)19/h3-10,14H,11-12H2,1-2H3,(H,20,21). The van der Waals surface area contributed by atoms with E-state index in [1.54, 1.807) is 11.8 Å². The van der Waals surface area contributed by atoms with Crippen molar-refractivity contribution in [2.24, 2.45) is 0 Å². The van der Waals surface area contributed by atoms with Crippen LogP contribution in [0.3, 0.4) is 0 Å². The van der Waals surface area contributed by atoms with Gasteiger partial charge in [-0.05, 0) is 31.0 Å². The van der Waals surface area contributed by atoms with Crippen molar-refractivity contribution in [3.63, 3.8) is 0 Å². The van der Waals surface area contributed by atoms with Gasteiger partial charge < -0.3 is 5.32 Å². The second kappa shape index (κ2) is 8.25. The van der Waals surface area contributed by atoms with Gasteiger partial charge in [0.05, 0.1) is 11.8 Å². The van der Waals surface area contributed by atoms with Gasteiger partial charge in [-0.3, -0.25) is 4.79 Å². The molecule has 1 N–H and O–H groups in total. The minimum Gasteiger partial charge on any atom is -0.349 e. The van der Waals surface area contributed by atoms with E-state index in [0.29, 0.717) is 5.75 Å². The maximum Gasteiger partial charge on any atom is 0.230 e. The molecule has 0 bridgehead atoms. The molecule has 116 valence electrons. The molecule has 0 aliphatic carbocycles. The van der Waals surface area contributed by atoms with Gasteiger partial charge in [0.2, 0.25) is 5.91 Å². The highest BCUT2D eigenvalue weighted by Crippen LogP contribution is 2.21. The molecule has 0 saturated heterocycles. The summed E-state index contributed by atoms with van der Waals surface area (Å²) in [6, 6.07) is 16.0. The van der Waals surface area contributed by atoms with Gasteiger partial charge in [0.1, 0.15) is 0 Å². The summed E-state index contributed by atoms with van der Waals surface area (Å²) >= 11 is 7.67. The predicted octanol–water partition coefficient (Wildman–Crippen LogP) is 4.76. The molecule has 1 amide bonds. The zero-order chi connectivity index (χ0) is 15.9. The molecule has 0 spiro atoms. The quantitative estimate of drug-likeness (QED) is 0.825. The van der Waals surface area contributed by atoms with Gasteiger partial charge in [-0.2, -0.15) is 0 Å². The third-order valence-corrected chi connectivity index (χ3v) is 4.75. The van der Waals surface area contributed by atoms with E-state index in [9.17, 15) is 4.79 Å². The summed E-state index contributed by atoms with van der Waals surface area (Å²) in [5, 5.41) is 3.78. The van der Waals surface area contributed by atoms with Crippen molar-refractivity contribution in [3.8, 4) is 0 Å². The summed E-state index contributed by atoms with van der Waals surface area (Å²) in [5.41, 5.74) is 3.40. The summed E-state index contributed by atoms with van der Waals surface area (Å²) in [6.45, 7) is 4.06. The summed E-state index contributed by atoms with van der Waals surface area (Å²) < 4.78 is 0. The van der Waals surface area contributed by atoms with Crippen LogP contribution in [-0.2, 0) is 10.5 Å². The van der Waals surface area contributed by atoms with Crippen LogP contribution in [0.1, 0.15) is 29.7 Å². The lowest BCUT2D eigenvalue weighted by atomic mass is 10.1. The van der Waals surface area contributed by atoms with Crippen molar-refractivity contribution in [2.45, 2.75) is 25.6 Å². The Morgan fingerprint density at radius 2 is 1.86 bits per heavy atom. The third-order valence-electron chi connectivity index (χ3n) is 3.40. The Morgan fingerprint density at radius 1 is 1.18 bits per heavy atom. The normalized spacial score (nSPS) is 12.0. The number of benzene rings is 2. The molecule has 2 rings (SSSR count). The molecule has 0 radical (unpaired) electrons. The minimum absolute atomic E-state index is 0.0222. The van der Waals surface area contributed by atoms with Crippen molar-refractivity contribution in [1.29, 1.82) is 0 Å². The first-order valence-corrected chi connectivity index (χ1v) is 8.76. The summed E-state index contributed by atoms with van der Waals surface area (Å²) in [6.07, 6.45) is 0. The SMILES string of the molecule is Cc1ccc(C(C)NC(=O)CSCc2ccccc2Cl)cc1. The van der Waals surface area contributed by atoms with Gasteiger partial charge >= 0.3 is 0 Å². The van der Waals surface area contributed by atoms with Crippen LogP contribution in [0.4, 0.5) is 0 Å². The molecule has 2 aromatic carbocycles. The fourth-order valence-electron chi connectivity index (χ4n) is 2.09. The van der Waals surface area contributed by atoms with Crippen LogP contribution < -0.4 is 5.32 Å². The Hall–Kier alpha value is -1.45. The maximum atomic E-state index is 12.0. The Morgan fingerprint density at radius 3 is 2.55 bits per heavy atom. The molecular weight excluding hydrogens is 314 g/mol. The zero-order valence-electron chi connectivity index (χ0n) is 12.8. The number of carbonyl (C=O) groups excluding carboxylic acids is 1. The molecule has 4 heteroatoms. The molecule has 1 unspecified atom stereocenters. The average molecular weight is 334 g/mol. The second-order valence-electron chi connectivity index (χ2n) is 5.28. The molecule has 0 aliphatic heterocycles. The van der Waals surface area contributed by atoms with Crippen molar-refractivity contribution >= 4 is 29.3 Å². The van der Waals surface area contributed by atoms with E-state index in [4.69, 9.17) is 11.6 Å². The number of hydrogen-bond acceptors (Lipinski definition) is 2. The number of hydrogen-bond donors (Lipinski definition) is 1. The van der Waals surface area contributed by atoms with E-state index in [0.717, 1.165) is 21.9 Å². The van der Waals surface area contributed by atoms with Crippen LogP contribution in [0.15, 0.2) is 48.5 Å². The van der Waals surface area contributed by atoms with Crippen LogP contribution in [0.5, 0.6) is 0 Å². The highest BCUT2D eigenvalue weighted by molar-refractivity contribution is 7.99. The fraction of sp³-hybridized carbons (Fsp3) is 0.278. The topological polar surface area (TPSA) is 29.1 Å². The van der Waals surface area contributed by atoms with Crippen molar-refractivity contribution in [1.82, 2.24) is 5.32 Å². The molecule has 0 aromatic heterocycles. The Balaban J connectivity index is 1.78. The van der Waals surface area contributed by atoms with E-state index >= 15 is 0 Å². The number of rotatable bonds is 6. The third kappa shape index (κ3) is 5.08. The first kappa shape index (κ1) is 16.9. The monoisotopic (exact) mass is 333 g/mol. The number of amides is 1. The van der Waals surface area contributed by atoms with Crippen LogP contribution in [0, 0.1) is 6.92 Å². The number of carbonyl (C=O) groups is 1. The Bertz CT molecular complexity index is 627. The lowest BCUT2D eigenvalue weighted by Gasteiger charge is -2.14. The predicted molar refractivity (Wildman–Crippen MR) is 95.4 cm³/mol. The summed E-state index contributed by atoms with van der Waals surface area (Å²) in [5.74, 6) is 1.22. The van der Waals surface area contributed by atoms with Gasteiger partial charge in [-0.25, -0.2) is 0 Å². The smallest absolute Gasteiger partial charge is 0.230 e. The molecule has 0 fully saturated rings. The van der Waals surface area contributed by atoms with E-state index in [1.165, 1.54) is 5.56 Å². The van der Waals surface area contributed by atoms with E-state index < -0.39 is 0 Å². The summed E-state index contributed by atoms with van der Waals surface area (Å²) in [4.78, 5) is 12.0. The van der Waals surface area contributed by atoms with Crippen molar-refractivity contribution in [2.75, 3.05) is 5.75 Å². The minimum atomic E-state index is 0.0222. The highest BCUT2D eigenvalue weighted by Gasteiger charge is 2.09. The lowest BCUT2D eigenvalue weighted by molar-refractivity contribution is -0.119. The van der Waals surface area contributed by atoms with E-state index in [-0.39, 0.29) is 11.9 Å². The fourth-order valence-corrected chi connectivity index (χ4v) is 3.21. The van der Waals surface area contributed by atoms with E-state index in [2.05, 4.69) is 36.5 Å². The molecule has 1 atom stereocenters. The maximum absolute atomic E-state index is 12.0. The van der Waals surface area contributed by atoms with Crippen LogP contribution in [0.25, 0.3) is 0 Å². The molecular formula is C18H20ClNOS. The van der Waals surface area contributed by atoms with Crippen molar-refractivity contribution < 1.29 is 4.79 Å².